The fourth-order valence-electron chi connectivity index (χ4n) is 3.34. The van der Waals surface area contributed by atoms with Gasteiger partial charge in [-0.25, -0.2) is 0 Å². The molecule has 2 nitrogen and oxygen atoms in total. The second kappa shape index (κ2) is 24.9. The molecule has 2 aliphatic heterocycles. The highest BCUT2D eigenvalue weighted by Gasteiger charge is 2.06. The van der Waals surface area contributed by atoms with E-state index >= 15 is 0 Å². The topological polar surface area (TPSA) is 8.88 Å². The molecule has 2 aliphatic rings. The molecule has 0 bridgehead atoms. The molecule has 25 heavy (non-hydrogen) atoms. The van der Waals surface area contributed by atoms with Crippen molar-refractivity contribution in [2.45, 2.75) is 97.3 Å². The number of unbranched alkanes of at least 4 members (excludes halogenated alkanes) is 6. The largest absolute Gasteiger partial charge is 1.00 e. The van der Waals surface area contributed by atoms with Crippen molar-refractivity contribution in [2.75, 3.05) is 40.3 Å². The summed E-state index contributed by atoms with van der Waals surface area (Å²) in [6, 6.07) is 0. The summed E-state index contributed by atoms with van der Waals surface area (Å²) in [5, 5.41) is 0. The third-order valence-corrected chi connectivity index (χ3v) is 5.12. The van der Waals surface area contributed by atoms with Crippen LogP contribution >= 0.6 is 0 Å². The molecule has 2 fully saturated rings. The van der Waals surface area contributed by atoms with Crippen molar-refractivity contribution < 1.29 is 43.8 Å². The highest BCUT2D eigenvalue weighted by Crippen LogP contribution is 2.05. The van der Waals surface area contributed by atoms with Crippen LogP contribution in [0, 0.1) is 0 Å². The first-order valence-corrected chi connectivity index (χ1v) is 10.8. The van der Waals surface area contributed by atoms with Gasteiger partial charge in [0.15, 0.2) is 0 Å². The van der Waals surface area contributed by atoms with E-state index in [-0.39, 0.29) is 34.0 Å². The van der Waals surface area contributed by atoms with Gasteiger partial charge >= 0.3 is 0 Å². The molecule has 0 atom stereocenters. The minimum atomic E-state index is 0. The Morgan fingerprint density at radius 1 is 0.480 bits per heavy atom. The maximum Gasteiger partial charge on any atom is 0.0768 e. The molecule has 0 saturated carbocycles. The van der Waals surface area contributed by atoms with Gasteiger partial charge < -0.3 is 43.8 Å². The summed E-state index contributed by atoms with van der Waals surface area (Å²) in [7, 11) is 4.55. The van der Waals surface area contributed by atoms with Crippen LogP contribution < -0.4 is 43.8 Å². The van der Waals surface area contributed by atoms with Crippen LogP contribution in [0.25, 0.3) is 0 Å². The van der Waals surface area contributed by atoms with E-state index in [1.807, 2.05) is 0 Å². The second-order valence-electron chi connectivity index (χ2n) is 7.80. The molecule has 0 spiro atoms. The lowest BCUT2D eigenvalue weighted by molar-refractivity contribution is -0.884. The van der Waals surface area contributed by atoms with Gasteiger partial charge in [-0.3, -0.25) is 0 Å². The van der Waals surface area contributed by atoms with Gasteiger partial charge in [-0.15, -0.1) is 0 Å². The Labute approximate surface area is 181 Å². The van der Waals surface area contributed by atoms with Gasteiger partial charge in [0.2, 0.25) is 0 Å². The first-order chi connectivity index (χ1) is 11.2. The second-order valence-corrected chi connectivity index (χ2v) is 7.80. The molecular formula is C21H48Br2N2. The number of piperidine rings is 2. The van der Waals surface area contributed by atoms with Crippen molar-refractivity contribution >= 4 is 0 Å². The maximum absolute atomic E-state index is 2.28. The minimum absolute atomic E-state index is 0. The normalized spacial score (nSPS) is 17.8. The zero-order valence-electron chi connectivity index (χ0n) is 17.8. The zero-order chi connectivity index (χ0) is 17.2. The number of nitrogens with one attached hydrogen (secondary N) is 2. The monoisotopic (exact) mass is 486 g/mol. The SMILES string of the molecule is CCCCCCCCC.C[NH+]1CCCCC1.C[NH+]1CCCCC1.[Br-].[Br-]. The number of hydrogen-bond acceptors (Lipinski definition) is 0. The summed E-state index contributed by atoms with van der Waals surface area (Å²) in [5.74, 6) is 0. The molecule has 0 aromatic heterocycles. The lowest BCUT2D eigenvalue weighted by Gasteiger charge is -2.17. The van der Waals surface area contributed by atoms with Crippen LogP contribution in [0.1, 0.15) is 97.3 Å². The van der Waals surface area contributed by atoms with Crippen LogP contribution in [0.2, 0.25) is 0 Å². The predicted octanol–water partition coefficient (Wildman–Crippen LogP) is -2.87. The number of halogens is 2. The third kappa shape index (κ3) is 24.9. The maximum atomic E-state index is 2.28. The van der Waals surface area contributed by atoms with E-state index in [1.54, 1.807) is 9.80 Å². The van der Waals surface area contributed by atoms with E-state index in [0.717, 1.165) is 0 Å². The van der Waals surface area contributed by atoms with Gasteiger partial charge in [0.1, 0.15) is 0 Å². The van der Waals surface area contributed by atoms with Crippen molar-refractivity contribution in [1.82, 2.24) is 0 Å². The molecule has 0 aromatic rings. The van der Waals surface area contributed by atoms with Crippen LogP contribution in [0.3, 0.4) is 0 Å². The lowest BCUT2D eigenvalue weighted by Crippen LogP contribution is -3.09. The van der Waals surface area contributed by atoms with Gasteiger partial charge in [0, 0.05) is 0 Å². The van der Waals surface area contributed by atoms with Crippen molar-refractivity contribution in [3.63, 3.8) is 0 Å². The molecule has 0 amide bonds. The average Bonchev–Trinajstić information content (AvgIpc) is 2.57. The molecular weight excluding hydrogens is 440 g/mol. The van der Waals surface area contributed by atoms with Crippen molar-refractivity contribution in [1.29, 1.82) is 0 Å². The smallest absolute Gasteiger partial charge is 0.0768 e. The number of likely N-dealkylation sites (tertiary alicyclic amines) is 2. The predicted molar refractivity (Wildman–Crippen MR) is 105 cm³/mol. The summed E-state index contributed by atoms with van der Waals surface area (Å²) < 4.78 is 0. The third-order valence-electron chi connectivity index (χ3n) is 5.12. The molecule has 156 valence electrons. The van der Waals surface area contributed by atoms with Crippen LogP contribution in [-0.4, -0.2) is 40.3 Å². The number of hydrogen-bond donors (Lipinski definition) is 2. The molecule has 2 saturated heterocycles. The van der Waals surface area contributed by atoms with E-state index in [9.17, 15) is 0 Å². The van der Waals surface area contributed by atoms with Crippen LogP contribution in [-0.2, 0) is 0 Å². The Hall–Kier alpha value is 0.880. The highest BCUT2D eigenvalue weighted by atomic mass is 79.9. The first kappa shape index (κ1) is 30.6. The molecule has 0 radical (unpaired) electrons. The number of rotatable bonds is 6. The fraction of sp³-hybridized carbons (Fsp3) is 1.00. The van der Waals surface area contributed by atoms with Gasteiger partial charge in [0.25, 0.3) is 0 Å². The number of quaternary nitrogens is 2. The average molecular weight is 488 g/mol. The molecule has 4 heteroatoms. The van der Waals surface area contributed by atoms with Crippen LogP contribution in [0.15, 0.2) is 0 Å². The van der Waals surface area contributed by atoms with Gasteiger partial charge in [-0.2, -0.15) is 0 Å². The van der Waals surface area contributed by atoms with E-state index in [0.29, 0.717) is 0 Å². The summed E-state index contributed by atoms with van der Waals surface area (Å²) in [6.07, 6.45) is 18.7. The molecule has 0 aliphatic carbocycles. The summed E-state index contributed by atoms with van der Waals surface area (Å²) in [4.78, 5) is 3.43. The van der Waals surface area contributed by atoms with E-state index in [1.165, 1.54) is 110 Å². The Morgan fingerprint density at radius 3 is 0.960 bits per heavy atom. The quantitative estimate of drug-likeness (QED) is 0.373. The highest BCUT2D eigenvalue weighted by molar-refractivity contribution is 4.43. The Morgan fingerprint density at radius 2 is 0.760 bits per heavy atom. The first-order valence-electron chi connectivity index (χ1n) is 10.8. The summed E-state index contributed by atoms with van der Waals surface area (Å²) >= 11 is 0. The van der Waals surface area contributed by atoms with Crippen molar-refractivity contribution in [3.8, 4) is 0 Å². The van der Waals surface area contributed by atoms with Gasteiger partial charge in [-0.05, 0) is 38.5 Å². The van der Waals surface area contributed by atoms with E-state index in [2.05, 4.69) is 27.9 Å². The van der Waals surface area contributed by atoms with Crippen LogP contribution in [0.4, 0.5) is 0 Å². The zero-order valence-corrected chi connectivity index (χ0v) is 20.9. The van der Waals surface area contributed by atoms with Gasteiger partial charge in [-0.1, -0.05) is 58.8 Å². The summed E-state index contributed by atoms with van der Waals surface area (Å²) in [6.45, 7) is 10.1. The minimum Gasteiger partial charge on any atom is -1.00 e. The molecule has 2 N–H and O–H groups in total. The molecule has 0 unspecified atom stereocenters. The van der Waals surface area contributed by atoms with E-state index < -0.39 is 0 Å². The Bertz CT molecular complexity index is 194. The molecule has 2 heterocycles. The molecule has 2 rings (SSSR count). The summed E-state index contributed by atoms with van der Waals surface area (Å²) in [5.41, 5.74) is 0. The van der Waals surface area contributed by atoms with Crippen molar-refractivity contribution in [3.05, 3.63) is 0 Å². The van der Waals surface area contributed by atoms with Gasteiger partial charge in [0.05, 0.1) is 40.3 Å². The van der Waals surface area contributed by atoms with Crippen molar-refractivity contribution in [2.24, 2.45) is 0 Å². The lowest BCUT2D eigenvalue weighted by atomic mass is 10.1. The fourth-order valence-corrected chi connectivity index (χ4v) is 3.34. The Balaban J connectivity index is -0.000000281. The van der Waals surface area contributed by atoms with E-state index in [4.69, 9.17) is 0 Å². The standard InChI is InChI=1S/C9H20.2C6H13N.2BrH/c1-3-5-7-9-8-6-4-2;2*1-7-5-3-2-4-6-7;;/h3-9H2,1-2H3;2*2-6H2,1H3;2*1H. The molecule has 0 aromatic carbocycles. The van der Waals surface area contributed by atoms with Crippen LogP contribution in [0.5, 0.6) is 0 Å². The Kier molecular flexibility index (Phi) is 30.5.